The molecule has 0 fully saturated rings. The fourth-order valence-electron chi connectivity index (χ4n) is 3.00. The summed E-state index contributed by atoms with van der Waals surface area (Å²) in [6.45, 7) is 6.83. The van der Waals surface area contributed by atoms with E-state index >= 15 is 0 Å². The van der Waals surface area contributed by atoms with E-state index in [0.717, 1.165) is 24.1 Å². The van der Waals surface area contributed by atoms with Gasteiger partial charge in [0.05, 0.1) is 5.56 Å². The molecule has 0 spiro atoms. The third-order valence-electron chi connectivity index (χ3n) is 4.07. The summed E-state index contributed by atoms with van der Waals surface area (Å²) >= 11 is 0. The lowest BCUT2D eigenvalue weighted by Gasteiger charge is -2.15. The number of phenols is 1. The summed E-state index contributed by atoms with van der Waals surface area (Å²) in [4.78, 5) is 23.9. The lowest BCUT2D eigenvalue weighted by molar-refractivity contribution is -0.121. The minimum absolute atomic E-state index is 0.0133. The molecule has 1 amide bonds. The van der Waals surface area contributed by atoms with Gasteiger partial charge in [0, 0.05) is 37.5 Å². The zero-order chi connectivity index (χ0) is 16.8. The molecule has 3 N–H and O–H groups in total. The van der Waals surface area contributed by atoms with Gasteiger partial charge in [0.1, 0.15) is 5.75 Å². The fourth-order valence-corrected chi connectivity index (χ4v) is 3.00. The number of allylic oxidation sites excluding steroid dienone is 1. The summed E-state index contributed by atoms with van der Waals surface area (Å²) in [6, 6.07) is 3.35. The van der Waals surface area contributed by atoms with Crippen LogP contribution in [0.15, 0.2) is 24.8 Å². The van der Waals surface area contributed by atoms with Crippen molar-refractivity contribution in [2.45, 2.75) is 38.5 Å². The van der Waals surface area contributed by atoms with Crippen LogP contribution in [-0.2, 0) is 4.79 Å². The highest BCUT2D eigenvalue weighted by Crippen LogP contribution is 2.40. The van der Waals surface area contributed by atoms with Crippen LogP contribution in [0, 0.1) is 0 Å². The number of carbonyl (C=O) groups excluding carboxylic acids is 2. The number of amides is 1. The average Bonchev–Trinajstić information content (AvgIpc) is 2.91. The molecular weight excluding hydrogens is 292 g/mol. The summed E-state index contributed by atoms with van der Waals surface area (Å²) < 4.78 is 0. The molecular formula is C18H24N2O3. The van der Waals surface area contributed by atoms with Crippen molar-refractivity contribution in [3.8, 4) is 5.75 Å². The summed E-state index contributed by atoms with van der Waals surface area (Å²) in [5.41, 5.74) is 2.14. The number of aromatic hydroxyl groups is 1. The van der Waals surface area contributed by atoms with Crippen LogP contribution in [0.2, 0.25) is 0 Å². The van der Waals surface area contributed by atoms with E-state index in [1.54, 1.807) is 18.2 Å². The number of hydrogen-bond acceptors (Lipinski definition) is 4. The lowest BCUT2D eigenvalue weighted by Crippen LogP contribution is -2.25. The largest absolute Gasteiger partial charge is 0.507 e. The minimum Gasteiger partial charge on any atom is -0.507 e. The Morgan fingerprint density at radius 3 is 2.96 bits per heavy atom. The number of benzene rings is 1. The second kappa shape index (κ2) is 7.81. The van der Waals surface area contributed by atoms with Crippen LogP contribution >= 0.6 is 0 Å². The Kier molecular flexibility index (Phi) is 5.79. The monoisotopic (exact) mass is 316 g/mol. The van der Waals surface area contributed by atoms with Crippen molar-refractivity contribution in [1.82, 2.24) is 5.32 Å². The second-order valence-electron chi connectivity index (χ2n) is 5.80. The highest BCUT2D eigenvalue weighted by Gasteiger charge is 2.29. The van der Waals surface area contributed by atoms with E-state index in [-0.39, 0.29) is 29.8 Å². The van der Waals surface area contributed by atoms with Gasteiger partial charge in [0.25, 0.3) is 0 Å². The van der Waals surface area contributed by atoms with Gasteiger partial charge >= 0.3 is 0 Å². The number of fused-ring (bicyclic) bond motifs is 1. The average molecular weight is 316 g/mol. The van der Waals surface area contributed by atoms with E-state index in [2.05, 4.69) is 17.2 Å². The Labute approximate surface area is 136 Å². The van der Waals surface area contributed by atoms with Crippen LogP contribution in [0.4, 0.5) is 5.69 Å². The highest BCUT2D eigenvalue weighted by molar-refractivity contribution is 6.02. The van der Waals surface area contributed by atoms with E-state index in [0.29, 0.717) is 25.1 Å². The molecule has 2 rings (SSSR count). The Balaban J connectivity index is 2.14. The van der Waals surface area contributed by atoms with Gasteiger partial charge in [-0.1, -0.05) is 13.0 Å². The predicted octanol–water partition coefficient (Wildman–Crippen LogP) is 2.97. The molecule has 124 valence electrons. The topological polar surface area (TPSA) is 78.4 Å². The third kappa shape index (κ3) is 3.92. The van der Waals surface area contributed by atoms with Crippen molar-refractivity contribution >= 4 is 17.4 Å². The number of phenolic OH excluding ortho intramolecular Hbond substituents is 1. The van der Waals surface area contributed by atoms with Gasteiger partial charge in [-0.3, -0.25) is 9.59 Å². The molecule has 1 heterocycles. The molecule has 23 heavy (non-hydrogen) atoms. The quantitative estimate of drug-likeness (QED) is 0.391. The first-order valence-corrected chi connectivity index (χ1v) is 8.09. The molecule has 0 bridgehead atoms. The molecule has 0 aromatic heterocycles. The first-order chi connectivity index (χ1) is 11.1. The summed E-state index contributed by atoms with van der Waals surface area (Å²) in [7, 11) is 0. The van der Waals surface area contributed by atoms with E-state index in [1.165, 1.54) is 0 Å². The maximum absolute atomic E-state index is 12.3. The Bertz CT molecular complexity index is 611. The minimum atomic E-state index is -0.127. The zero-order valence-electron chi connectivity index (χ0n) is 13.5. The number of nitrogens with one attached hydrogen (secondary N) is 2. The van der Waals surface area contributed by atoms with Gasteiger partial charge < -0.3 is 15.7 Å². The molecule has 0 aliphatic carbocycles. The SMILES string of the molecule is C=CCC(=O)c1c(O)ccc2c1C(CCNC(=O)CCC)CN2. The van der Waals surface area contributed by atoms with Crippen LogP contribution in [0.25, 0.3) is 0 Å². The van der Waals surface area contributed by atoms with Gasteiger partial charge in [0.15, 0.2) is 5.78 Å². The summed E-state index contributed by atoms with van der Waals surface area (Å²) in [5, 5.41) is 16.3. The van der Waals surface area contributed by atoms with Gasteiger partial charge in [0.2, 0.25) is 5.91 Å². The molecule has 5 nitrogen and oxygen atoms in total. The fraction of sp³-hybridized carbons (Fsp3) is 0.444. The number of ketones is 1. The Morgan fingerprint density at radius 1 is 1.48 bits per heavy atom. The maximum Gasteiger partial charge on any atom is 0.219 e. The predicted molar refractivity (Wildman–Crippen MR) is 91.0 cm³/mol. The van der Waals surface area contributed by atoms with Crippen molar-refractivity contribution in [2.75, 3.05) is 18.4 Å². The highest BCUT2D eigenvalue weighted by atomic mass is 16.3. The lowest BCUT2D eigenvalue weighted by atomic mass is 9.90. The Morgan fingerprint density at radius 2 is 2.26 bits per heavy atom. The standard InChI is InChI=1S/C18H24N2O3/c1-3-5-14(21)18-15(22)8-7-13-17(18)12(11-20-13)9-10-19-16(23)6-4-2/h3,7-8,12,20,22H,1,4-6,9-11H2,2H3,(H,19,23). The maximum atomic E-state index is 12.3. The molecule has 1 aliphatic rings. The number of rotatable bonds is 8. The van der Waals surface area contributed by atoms with Crippen LogP contribution < -0.4 is 10.6 Å². The zero-order valence-corrected chi connectivity index (χ0v) is 13.5. The number of hydrogen-bond donors (Lipinski definition) is 3. The van der Waals surface area contributed by atoms with Gasteiger partial charge in [-0.05, 0) is 30.5 Å². The van der Waals surface area contributed by atoms with E-state index in [4.69, 9.17) is 0 Å². The van der Waals surface area contributed by atoms with Gasteiger partial charge in [-0.15, -0.1) is 6.58 Å². The molecule has 5 heteroatoms. The summed E-state index contributed by atoms with van der Waals surface area (Å²) in [6.07, 6.45) is 3.83. The van der Waals surface area contributed by atoms with Crippen molar-refractivity contribution in [1.29, 1.82) is 0 Å². The van der Waals surface area contributed by atoms with Crippen LogP contribution in [0.5, 0.6) is 5.75 Å². The van der Waals surface area contributed by atoms with E-state index < -0.39 is 0 Å². The van der Waals surface area contributed by atoms with E-state index in [1.807, 2.05) is 6.92 Å². The van der Waals surface area contributed by atoms with Crippen LogP contribution in [-0.4, -0.2) is 29.9 Å². The molecule has 1 aromatic carbocycles. The number of Topliss-reactive ketones (excluding diaryl/α,β-unsaturated/α-hetero) is 1. The second-order valence-corrected chi connectivity index (χ2v) is 5.80. The summed E-state index contributed by atoms with van der Waals surface area (Å²) in [5.74, 6) is 0.0396. The third-order valence-corrected chi connectivity index (χ3v) is 4.07. The molecule has 0 saturated carbocycles. The molecule has 1 unspecified atom stereocenters. The van der Waals surface area contributed by atoms with Crippen molar-refractivity contribution in [3.05, 3.63) is 35.9 Å². The molecule has 0 saturated heterocycles. The molecule has 1 aromatic rings. The Hall–Kier alpha value is -2.30. The first kappa shape index (κ1) is 17.1. The smallest absolute Gasteiger partial charge is 0.219 e. The van der Waals surface area contributed by atoms with Crippen molar-refractivity contribution in [2.24, 2.45) is 0 Å². The molecule has 0 radical (unpaired) electrons. The number of carbonyl (C=O) groups is 2. The van der Waals surface area contributed by atoms with Crippen molar-refractivity contribution in [3.63, 3.8) is 0 Å². The van der Waals surface area contributed by atoms with Crippen molar-refractivity contribution < 1.29 is 14.7 Å². The van der Waals surface area contributed by atoms with Gasteiger partial charge in [-0.2, -0.15) is 0 Å². The molecule has 1 aliphatic heterocycles. The first-order valence-electron chi connectivity index (χ1n) is 8.09. The molecule has 1 atom stereocenters. The number of anilines is 1. The normalized spacial score (nSPS) is 15.6. The van der Waals surface area contributed by atoms with E-state index in [9.17, 15) is 14.7 Å². The van der Waals surface area contributed by atoms with Crippen LogP contribution in [0.1, 0.15) is 54.4 Å². The van der Waals surface area contributed by atoms with Gasteiger partial charge in [-0.25, -0.2) is 0 Å². The van der Waals surface area contributed by atoms with Crippen LogP contribution in [0.3, 0.4) is 0 Å².